The highest BCUT2D eigenvalue weighted by molar-refractivity contribution is 7.14. The van der Waals surface area contributed by atoms with E-state index < -0.39 is 0 Å². The highest BCUT2D eigenvalue weighted by Crippen LogP contribution is 2.33. The molecule has 0 unspecified atom stereocenters. The zero-order chi connectivity index (χ0) is 19.3. The summed E-state index contributed by atoms with van der Waals surface area (Å²) in [6.45, 7) is 3.90. The van der Waals surface area contributed by atoms with Crippen LogP contribution in [-0.2, 0) is 4.79 Å². The normalized spacial score (nSPS) is 10.8. The van der Waals surface area contributed by atoms with E-state index in [9.17, 15) is 9.59 Å². The number of ketones is 1. The minimum Gasteiger partial charge on any atom is -0.496 e. The first kappa shape index (κ1) is 19.9. The minimum atomic E-state index is -0.278. The summed E-state index contributed by atoms with van der Waals surface area (Å²) in [4.78, 5) is 30.0. The molecule has 0 radical (unpaired) electrons. The first-order chi connectivity index (χ1) is 12.4. The van der Waals surface area contributed by atoms with Gasteiger partial charge in [0.15, 0.2) is 10.9 Å². The maximum Gasteiger partial charge on any atom is 0.225 e. The molecule has 0 aliphatic heterocycles. The number of anilines is 1. The zero-order valence-corrected chi connectivity index (χ0v) is 16.5. The number of carbonyl (C=O) groups is 2. The van der Waals surface area contributed by atoms with Crippen molar-refractivity contribution >= 4 is 45.8 Å². The Hall–Kier alpha value is -2.38. The number of halogens is 1. The molecule has 0 saturated carbocycles. The molecule has 0 saturated heterocycles. The molecule has 0 aliphatic carbocycles. The van der Waals surface area contributed by atoms with Gasteiger partial charge in [-0.25, -0.2) is 4.98 Å². The van der Waals surface area contributed by atoms with Crippen molar-refractivity contribution in [2.75, 3.05) is 25.7 Å². The Morgan fingerprint density at radius 1 is 1.27 bits per heavy atom. The van der Waals surface area contributed by atoms with Crippen molar-refractivity contribution in [1.29, 1.82) is 0 Å². The van der Waals surface area contributed by atoms with Gasteiger partial charge in [0.25, 0.3) is 0 Å². The van der Waals surface area contributed by atoms with E-state index >= 15 is 0 Å². The molecule has 1 amide bonds. The molecule has 2 rings (SSSR count). The molecule has 0 fully saturated rings. The number of allylic oxidation sites excluding steroid dienone is 1. The summed E-state index contributed by atoms with van der Waals surface area (Å²) in [5.74, 6) is 0.441. The average Bonchev–Trinajstić information content (AvgIpc) is 3.08. The van der Waals surface area contributed by atoms with Crippen molar-refractivity contribution < 1.29 is 19.1 Å². The van der Waals surface area contributed by atoms with E-state index in [4.69, 9.17) is 21.1 Å². The number of aromatic nitrogens is 1. The Bertz CT molecular complexity index is 848. The van der Waals surface area contributed by atoms with Crippen LogP contribution in [-0.4, -0.2) is 37.4 Å². The van der Waals surface area contributed by atoms with E-state index in [0.717, 1.165) is 0 Å². The van der Waals surface area contributed by atoms with Crippen LogP contribution in [0.4, 0.5) is 5.13 Å². The maximum atomic E-state index is 12.5. The van der Waals surface area contributed by atoms with Crippen molar-refractivity contribution in [1.82, 2.24) is 4.98 Å². The fourth-order valence-corrected chi connectivity index (χ4v) is 3.41. The molecule has 1 heterocycles. The van der Waals surface area contributed by atoms with Crippen molar-refractivity contribution in [3.05, 3.63) is 39.9 Å². The minimum absolute atomic E-state index is 0.0777. The monoisotopic (exact) mass is 394 g/mol. The number of ether oxygens (including phenoxy) is 2. The lowest BCUT2D eigenvalue weighted by Gasteiger charge is -2.14. The first-order valence-electron chi connectivity index (χ1n) is 7.78. The maximum absolute atomic E-state index is 12.5. The molecule has 1 aromatic heterocycles. The molecule has 0 N–H and O–H groups in total. The predicted octanol–water partition coefficient (Wildman–Crippen LogP) is 4.08. The molecule has 0 atom stereocenters. The second-order valence-corrected chi connectivity index (χ2v) is 6.45. The Balaban J connectivity index is 2.24. The van der Waals surface area contributed by atoms with Crippen LogP contribution in [0.1, 0.15) is 29.9 Å². The lowest BCUT2D eigenvalue weighted by Crippen LogP contribution is -2.27. The van der Waals surface area contributed by atoms with Gasteiger partial charge in [0.05, 0.1) is 30.5 Å². The number of methoxy groups -OCH3 is 2. The van der Waals surface area contributed by atoms with Crippen LogP contribution in [0, 0.1) is 0 Å². The third kappa shape index (κ3) is 4.42. The van der Waals surface area contributed by atoms with Crippen molar-refractivity contribution in [2.24, 2.45) is 0 Å². The number of benzene rings is 1. The van der Waals surface area contributed by atoms with E-state index in [2.05, 4.69) is 4.98 Å². The molecule has 0 aliphatic rings. The third-order valence-corrected chi connectivity index (χ3v) is 4.76. The third-order valence-electron chi connectivity index (χ3n) is 3.58. The second kappa shape index (κ2) is 8.82. The van der Waals surface area contributed by atoms with Gasteiger partial charge in [-0.3, -0.25) is 14.5 Å². The summed E-state index contributed by atoms with van der Waals surface area (Å²) in [5.41, 5.74) is 0.917. The number of carbonyl (C=O) groups excluding carboxylic acids is 2. The van der Waals surface area contributed by atoms with Gasteiger partial charge in [-0.05, 0) is 25.1 Å². The molecule has 8 heteroatoms. The average molecular weight is 395 g/mol. The van der Waals surface area contributed by atoms with Crippen LogP contribution in [0.5, 0.6) is 11.5 Å². The van der Waals surface area contributed by atoms with E-state index in [1.54, 1.807) is 22.4 Å². The van der Waals surface area contributed by atoms with E-state index in [1.165, 1.54) is 44.6 Å². The summed E-state index contributed by atoms with van der Waals surface area (Å²) in [6.07, 6.45) is 2.98. The lowest BCUT2D eigenvalue weighted by molar-refractivity contribution is -0.116. The predicted molar refractivity (Wildman–Crippen MR) is 104 cm³/mol. The highest BCUT2D eigenvalue weighted by Gasteiger charge is 2.15. The highest BCUT2D eigenvalue weighted by atomic mass is 35.5. The van der Waals surface area contributed by atoms with Crippen LogP contribution in [0.3, 0.4) is 0 Å². The van der Waals surface area contributed by atoms with E-state index in [0.29, 0.717) is 39.5 Å². The van der Waals surface area contributed by atoms with Crippen LogP contribution < -0.4 is 14.4 Å². The Morgan fingerprint density at radius 2 is 1.96 bits per heavy atom. The van der Waals surface area contributed by atoms with E-state index in [1.807, 2.05) is 6.92 Å². The molecule has 6 nitrogen and oxygen atoms in total. The van der Waals surface area contributed by atoms with Crippen LogP contribution in [0.2, 0.25) is 5.02 Å². The largest absolute Gasteiger partial charge is 0.496 e. The summed E-state index contributed by atoms with van der Waals surface area (Å²) >= 11 is 7.44. The van der Waals surface area contributed by atoms with Crippen molar-refractivity contribution in [3.63, 3.8) is 0 Å². The number of nitrogens with zero attached hydrogens (tertiary/aromatic N) is 2. The summed E-state index contributed by atoms with van der Waals surface area (Å²) in [5, 5.41) is 2.70. The molecular weight excluding hydrogens is 376 g/mol. The molecule has 0 spiro atoms. The Kier molecular flexibility index (Phi) is 6.76. The number of thiazole rings is 1. The van der Waals surface area contributed by atoms with Crippen LogP contribution in [0.25, 0.3) is 6.08 Å². The van der Waals surface area contributed by atoms with Gasteiger partial charge in [0, 0.05) is 24.9 Å². The van der Waals surface area contributed by atoms with Crippen molar-refractivity contribution in [3.8, 4) is 11.5 Å². The van der Waals surface area contributed by atoms with Gasteiger partial charge in [0.1, 0.15) is 11.5 Å². The SMILES string of the molecule is CCN(C(C)=O)c1nc(/C=C/C(=O)c2cc(Cl)c(OC)cc2OC)cs1. The molecule has 1 aromatic carbocycles. The number of hydrogen-bond acceptors (Lipinski definition) is 6. The molecule has 26 heavy (non-hydrogen) atoms. The molecule has 0 bridgehead atoms. The summed E-state index contributed by atoms with van der Waals surface area (Å²) in [6, 6.07) is 3.07. The number of amides is 1. The number of hydrogen-bond donors (Lipinski definition) is 0. The fraction of sp³-hybridized carbons (Fsp3) is 0.278. The Labute approximate surface area is 161 Å². The summed E-state index contributed by atoms with van der Waals surface area (Å²) in [7, 11) is 2.96. The summed E-state index contributed by atoms with van der Waals surface area (Å²) < 4.78 is 10.4. The first-order valence-corrected chi connectivity index (χ1v) is 9.04. The van der Waals surface area contributed by atoms with Crippen LogP contribution >= 0.6 is 22.9 Å². The standard InChI is InChI=1S/C18H19ClN2O4S/c1-5-21(11(2)22)18-20-12(10-26-18)6-7-15(23)13-8-14(19)17(25-4)9-16(13)24-3/h6-10H,5H2,1-4H3/b7-6+. The Morgan fingerprint density at radius 3 is 2.54 bits per heavy atom. The lowest BCUT2D eigenvalue weighted by atomic mass is 10.1. The smallest absolute Gasteiger partial charge is 0.225 e. The second-order valence-electron chi connectivity index (χ2n) is 5.20. The fourth-order valence-electron chi connectivity index (χ4n) is 2.27. The number of rotatable bonds is 7. The van der Waals surface area contributed by atoms with Crippen LogP contribution in [0.15, 0.2) is 23.6 Å². The molecule has 138 valence electrons. The van der Waals surface area contributed by atoms with Gasteiger partial charge in [0.2, 0.25) is 5.91 Å². The van der Waals surface area contributed by atoms with Crippen molar-refractivity contribution in [2.45, 2.75) is 13.8 Å². The topological polar surface area (TPSA) is 68.7 Å². The van der Waals surface area contributed by atoms with E-state index in [-0.39, 0.29) is 11.7 Å². The quantitative estimate of drug-likeness (QED) is 0.522. The molecule has 2 aromatic rings. The van der Waals surface area contributed by atoms with Gasteiger partial charge >= 0.3 is 0 Å². The van der Waals surface area contributed by atoms with Gasteiger partial charge in [-0.15, -0.1) is 11.3 Å². The van der Waals surface area contributed by atoms with Gasteiger partial charge in [-0.1, -0.05) is 11.6 Å². The zero-order valence-electron chi connectivity index (χ0n) is 14.9. The molecular formula is C18H19ClN2O4S. The van der Waals surface area contributed by atoms with Gasteiger partial charge < -0.3 is 9.47 Å². The van der Waals surface area contributed by atoms with Gasteiger partial charge in [-0.2, -0.15) is 0 Å².